The van der Waals surface area contributed by atoms with Crippen molar-refractivity contribution < 1.29 is 34.5 Å². The zero-order chi connectivity index (χ0) is 18.2. The van der Waals surface area contributed by atoms with E-state index in [1.165, 1.54) is 6.92 Å². The summed E-state index contributed by atoms with van der Waals surface area (Å²) in [6.45, 7) is 1.23. The van der Waals surface area contributed by atoms with Crippen LogP contribution in [0.15, 0.2) is 0 Å². The van der Waals surface area contributed by atoms with E-state index in [0.29, 0.717) is 0 Å². The quantitative estimate of drug-likeness (QED) is 0.212. The van der Waals surface area contributed by atoms with Crippen LogP contribution in [0.3, 0.4) is 0 Å². The van der Waals surface area contributed by atoms with Crippen molar-refractivity contribution in [3.8, 4) is 0 Å². The maximum atomic E-state index is 12.0. The fourth-order valence-electron chi connectivity index (χ4n) is 1.54. The number of hydrogen-bond acceptors (Lipinski definition) is 7. The molecule has 0 saturated heterocycles. The fraction of sp³-hybridized carbons (Fsp3) is 0.667. The molecule has 0 saturated carbocycles. The topological polar surface area (TPSA) is 179 Å². The Labute approximate surface area is 137 Å². The number of aliphatic hydroxyl groups is 1. The Morgan fingerprint density at radius 2 is 1.70 bits per heavy atom. The van der Waals surface area contributed by atoms with Crippen LogP contribution in [0.2, 0.25) is 0 Å². The van der Waals surface area contributed by atoms with Gasteiger partial charge in [-0.25, -0.2) is 4.79 Å². The molecule has 10 nitrogen and oxygen atoms in total. The summed E-state index contributed by atoms with van der Waals surface area (Å²) >= 11 is 3.83. The van der Waals surface area contributed by atoms with Gasteiger partial charge in [0.1, 0.15) is 12.1 Å². The van der Waals surface area contributed by atoms with Crippen molar-refractivity contribution in [1.82, 2.24) is 10.6 Å². The van der Waals surface area contributed by atoms with E-state index in [-0.39, 0.29) is 12.2 Å². The number of carboxylic acid groups (broad SMARTS) is 2. The summed E-state index contributed by atoms with van der Waals surface area (Å²) in [4.78, 5) is 45.2. The molecule has 0 bridgehead atoms. The standard InChI is InChI=1S/C12H21N3O7S/c1-5(16)9(15-10(19)6(13)4-23)11(20)14-7(12(21)22)2-3-8(17)18/h5-7,9,16,23H,2-4,13H2,1H3,(H,14,20)(H,15,19)(H,17,18)(H,21,22). The number of nitrogens with two attached hydrogens (primary N) is 1. The lowest BCUT2D eigenvalue weighted by Gasteiger charge is -2.24. The number of rotatable bonds is 10. The second kappa shape index (κ2) is 10.0. The molecular formula is C12H21N3O7S. The Kier molecular flexibility index (Phi) is 9.22. The maximum absolute atomic E-state index is 12.0. The van der Waals surface area contributed by atoms with Gasteiger partial charge in [0.15, 0.2) is 0 Å². The molecule has 0 spiro atoms. The predicted octanol–water partition coefficient (Wildman–Crippen LogP) is -2.46. The van der Waals surface area contributed by atoms with E-state index in [0.717, 1.165) is 0 Å². The van der Waals surface area contributed by atoms with Crippen molar-refractivity contribution in [1.29, 1.82) is 0 Å². The fourth-order valence-corrected chi connectivity index (χ4v) is 1.70. The van der Waals surface area contributed by atoms with Crippen LogP contribution in [0.25, 0.3) is 0 Å². The van der Waals surface area contributed by atoms with Gasteiger partial charge in [0.2, 0.25) is 11.8 Å². The van der Waals surface area contributed by atoms with Crippen LogP contribution in [0.1, 0.15) is 19.8 Å². The van der Waals surface area contributed by atoms with Crippen LogP contribution < -0.4 is 16.4 Å². The number of carboxylic acids is 2. The third kappa shape index (κ3) is 7.81. The van der Waals surface area contributed by atoms with Crippen LogP contribution in [0.5, 0.6) is 0 Å². The first-order valence-electron chi connectivity index (χ1n) is 6.70. The van der Waals surface area contributed by atoms with Crippen LogP contribution in [0.4, 0.5) is 0 Å². The first-order chi connectivity index (χ1) is 10.6. The third-order valence-corrected chi connectivity index (χ3v) is 3.25. The molecule has 0 aromatic heterocycles. The van der Waals surface area contributed by atoms with E-state index in [1.54, 1.807) is 0 Å². The smallest absolute Gasteiger partial charge is 0.326 e. The van der Waals surface area contributed by atoms with Gasteiger partial charge in [0.25, 0.3) is 0 Å². The van der Waals surface area contributed by atoms with Crippen molar-refractivity contribution >= 4 is 36.4 Å². The molecule has 0 aromatic carbocycles. The molecule has 132 valence electrons. The first kappa shape index (κ1) is 21.1. The van der Waals surface area contributed by atoms with Gasteiger partial charge in [0, 0.05) is 12.2 Å². The largest absolute Gasteiger partial charge is 0.481 e. The Bertz CT molecular complexity index is 458. The molecular weight excluding hydrogens is 330 g/mol. The van der Waals surface area contributed by atoms with E-state index in [4.69, 9.17) is 15.9 Å². The number of nitrogens with one attached hydrogen (secondary N) is 2. The minimum absolute atomic E-state index is 0.0103. The van der Waals surface area contributed by atoms with Gasteiger partial charge in [0.05, 0.1) is 12.1 Å². The van der Waals surface area contributed by atoms with E-state index in [2.05, 4.69) is 23.3 Å². The minimum atomic E-state index is -1.46. The highest BCUT2D eigenvalue weighted by Crippen LogP contribution is 2.01. The molecule has 4 unspecified atom stereocenters. The lowest BCUT2D eigenvalue weighted by atomic mass is 10.1. The molecule has 11 heteroatoms. The maximum Gasteiger partial charge on any atom is 0.326 e. The molecule has 0 aliphatic carbocycles. The van der Waals surface area contributed by atoms with E-state index < -0.39 is 54.4 Å². The van der Waals surface area contributed by atoms with Crippen LogP contribution in [-0.2, 0) is 19.2 Å². The average Bonchev–Trinajstić information content (AvgIpc) is 2.46. The van der Waals surface area contributed by atoms with Crippen molar-refractivity contribution in [3.05, 3.63) is 0 Å². The predicted molar refractivity (Wildman–Crippen MR) is 81.9 cm³/mol. The number of aliphatic hydroxyl groups excluding tert-OH is 1. The molecule has 0 fully saturated rings. The first-order valence-corrected chi connectivity index (χ1v) is 7.33. The molecule has 0 aromatic rings. The number of amides is 2. The molecule has 0 radical (unpaired) electrons. The highest BCUT2D eigenvalue weighted by molar-refractivity contribution is 7.80. The molecule has 0 rings (SSSR count). The molecule has 23 heavy (non-hydrogen) atoms. The SMILES string of the molecule is CC(O)C(NC(=O)C(N)CS)C(=O)NC(CCC(=O)O)C(=O)O. The van der Waals surface area contributed by atoms with E-state index in [9.17, 15) is 24.3 Å². The number of hydrogen-bond donors (Lipinski definition) is 7. The van der Waals surface area contributed by atoms with Gasteiger partial charge in [-0.1, -0.05) is 0 Å². The number of aliphatic carboxylic acids is 2. The summed E-state index contributed by atoms with van der Waals surface area (Å²) in [6.07, 6.45) is -2.12. The van der Waals surface area contributed by atoms with Crippen molar-refractivity contribution in [2.75, 3.05) is 5.75 Å². The monoisotopic (exact) mass is 351 g/mol. The molecule has 4 atom stereocenters. The molecule has 2 amide bonds. The van der Waals surface area contributed by atoms with Gasteiger partial charge in [-0.3, -0.25) is 14.4 Å². The van der Waals surface area contributed by atoms with Crippen molar-refractivity contribution in [2.45, 2.75) is 44.0 Å². The summed E-state index contributed by atoms with van der Waals surface area (Å²) in [5, 5.41) is 31.4. The third-order valence-electron chi connectivity index (χ3n) is 2.86. The molecule has 7 N–H and O–H groups in total. The van der Waals surface area contributed by atoms with Crippen LogP contribution in [-0.4, -0.2) is 69.1 Å². The van der Waals surface area contributed by atoms with E-state index in [1.807, 2.05) is 0 Å². The van der Waals surface area contributed by atoms with Gasteiger partial charge in [-0.05, 0) is 13.3 Å². The Balaban J connectivity index is 4.91. The number of carbonyl (C=O) groups is 4. The second-order valence-corrected chi connectivity index (χ2v) is 5.21. The Morgan fingerprint density at radius 3 is 2.09 bits per heavy atom. The zero-order valence-electron chi connectivity index (χ0n) is 12.4. The summed E-state index contributed by atoms with van der Waals surface area (Å²) in [6, 6.07) is -3.90. The number of thiol groups is 1. The average molecular weight is 351 g/mol. The van der Waals surface area contributed by atoms with Gasteiger partial charge in [-0.15, -0.1) is 0 Å². The van der Waals surface area contributed by atoms with Gasteiger partial charge in [-0.2, -0.15) is 12.6 Å². The normalized spacial score (nSPS) is 15.8. The van der Waals surface area contributed by atoms with Gasteiger partial charge < -0.3 is 31.7 Å². The van der Waals surface area contributed by atoms with Crippen molar-refractivity contribution in [3.63, 3.8) is 0 Å². The zero-order valence-corrected chi connectivity index (χ0v) is 13.3. The summed E-state index contributed by atoms with van der Waals surface area (Å²) in [5.41, 5.74) is 5.43. The van der Waals surface area contributed by atoms with Crippen LogP contribution in [0, 0.1) is 0 Å². The minimum Gasteiger partial charge on any atom is -0.481 e. The van der Waals surface area contributed by atoms with Crippen molar-refractivity contribution in [2.24, 2.45) is 5.73 Å². The lowest BCUT2D eigenvalue weighted by Crippen LogP contribution is -2.58. The second-order valence-electron chi connectivity index (χ2n) is 4.85. The molecule has 0 aliphatic heterocycles. The highest BCUT2D eigenvalue weighted by atomic mass is 32.1. The molecule has 0 heterocycles. The summed E-state index contributed by atoms with van der Waals surface area (Å²) in [7, 11) is 0. The Morgan fingerprint density at radius 1 is 1.13 bits per heavy atom. The molecule has 0 aliphatic rings. The van der Waals surface area contributed by atoms with E-state index >= 15 is 0 Å². The highest BCUT2D eigenvalue weighted by Gasteiger charge is 2.30. The summed E-state index contributed by atoms with van der Waals surface area (Å²) < 4.78 is 0. The summed E-state index contributed by atoms with van der Waals surface area (Å²) in [5.74, 6) is -4.33. The van der Waals surface area contributed by atoms with Crippen LogP contribution >= 0.6 is 12.6 Å². The van der Waals surface area contributed by atoms with Gasteiger partial charge >= 0.3 is 11.9 Å². The number of carbonyl (C=O) groups excluding carboxylic acids is 2. The lowest BCUT2D eigenvalue weighted by molar-refractivity contribution is -0.144. The Hall–Kier alpha value is -1.85.